The molecule has 46 heavy (non-hydrogen) atoms. The van der Waals surface area contributed by atoms with Crippen LogP contribution >= 0.6 is 0 Å². The summed E-state index contributed by atoms with van der Waals surface area (Å²) in [5.74, 6) is -1.01. The van der Waals surface area contributed by atoms with Gasteiger partial charge in [0.25, 0.3) is 5.91 Å². The fraction of sp³-hybridized carbons (Fsp3) is 0.750. The van der Waals surface area contributed by atoms with Gasteiger partial charge in [0.05, 0.1) is 43.7 Å². The number of nitrogens with zero attached hydrogens (tertiary/aromatic N) is 6. The summed E-state index contributed by atoms with van der Waals surface area (Å²) in [6.45, 7) is 6.18. The van der Waals surface area contributed by atoms with Crippen LogP contribution in [-0.2, 0) is 9.53 Å². The van der Waals surface area contributed by atoms with Crippen LogP contribution in [0.15, 0.2) is 12.4 Å². The normalized spacial score (nSPS) is 28.9. The van der Waals surface area contributed by atoms with Crippen molar-refractivity contribution in [2.75, 3.05) is 64.8 Å². The van der Waals surface area contributed by atoms with Gasteiger partial charge < -0.3 is 26.0 Å². The largest absolute Gasteiger partial charge is 0.381 e. The lowest BCUT2D eigenvalue weighted by molar-refractivity contribution is -0.141. The molecule has 2 amide bonds. The molecule has 5 fully saturated rings. The predicted octanol–water partition coefficient (Wildman–Crippen LogP) is 1.60. The average molecular weight is 644 g/mol. The molecule has 0 radical (unpaired) electrons. The van der Waals surface area contributed by atoms with E-state index in [0.29, 0.717) is 32.0 Å². The molecule has 252 valence electrons. The summed E-state index contributed by atoms with van der Waals surface area (Å²) in [5.41, 5.74) is 5.90. The number of nitrogen functional groups attached to an aromatic ring is 1. The van der Waals surface area contributed by atoms with Gasteiger partial charge in [-0.05, 0) is 38.8 Å². The smallest absolute Gasteiger partial charge is 0.259 e. The average Bonchev–Trinajstić information content (AvgIpc) is 3.34. The van der Waals surface area contributed by atoms with E-state index in [1.807, 2.05) is 4.90 Å². The summed E-state index contributed by atoms with van der Waals surface area (Å²) in [5, 5.41) is 10.9. The molecule has 2 aromatic heterocycles. The van der Waals surface area contributed by atoms with Gasteiger partial charge in [-0.15, -0.1) is 5.10 Å². The molecule has 6 heterocycles. The van der Waals surface area contributed by atoms with Crippen molar-refractivity contribution >= 4 is 23.3 Å². The number of hydrogen-bond donors (Lipinski definition) is 3. The van der Waals surface area contributed by atoms with E-state index in [0.717, 1.165) is 90.3 Å². The number of ether oxygens (including phenoxy) is 1. The summed E-state index contributed by atoms with van der Waals surface area (Å²) in [4.78, 5) is 38.2. The number of nitrogens with two attached hydrogens (primary N) is 1. The Kier molecular flexibility index (Phi) is 9.14. The van der Waals surface area contributed by atoms with Gasteiger partial charge in [-0.1, -0.05) is 32.1 Å². The van der Waals surface area contributed by atoms with E-state index in [-0.39, 0.29) is 35.4 Å². The van der Waals surface area contributed by atoms with Crippen LogP contribution in [0.3, 0.4) is 0 Å². The Balaban J connectivity index is 1.09. The summed E-state index contributed by atoms with van der Waals surface area (Å²) >= 11 is 0. The maximum atomic E-state index is 16.2. The van der Waals surface area contributed by atoms with E-state index >= 15 is 4.39 Å². The van der Waals surface area contributed by atoms with Crippen LogP contribution in [0.5, 0.6) is 0 Å². The van der Waals surface area contributed by atoms with E-state index in [1.54, 1.807) is 0 Å². The SMILES string of the molecule is Nc1nn2cc(F)cnc2c1C(=O)NC1C(N2CCC(C(=O)N3CCN(C4COC4)CC3)CC2)C(F)CNC12CCCCCCC2. The molecule has 1 spiro atoms. The van der Waals surface area contributed by atoms with E-state index in [4.69, 9.17) is 10.5 Å². The molecule has 4 saturated heterocycles. The molecule has 0 bridgehead atoms. The molecule has 2 aromatic rings. The van der Waals surface area contributed by atoms with Crippen molar-refractivity contribution in [3.05, 3.63) is 23.8 Å². The van der Waals surface area contributed by atoms with Gasteiger partial charge in [0.2, 0.25) is 5.91 Å². The van der Waals surface area contributed by atoms with Crippen molar-refractivity contribution in [2.24, 2.45) is 5.92 Å². The van der Waals surface area contributed by atoms with Crippen molar-refractivity contribution in [2.45, 2.75) is 87.6 Å². The number of fused-ring (bicyclic) bond motifs is 1. The van der Waals surface area contributed by atoms with Gasteiger partial charge in [-0.2, -0.15) is 0 Å². The van der Waals surface area contributed by atoms with Gasteiger partial charge in [-0.3, -0.25) is 19.4 Å². The Labute approximate surface area is 268 Å². The zero-order valence-corrected chi connectivity index (χ0v) is 26.5. The van der Waals surface area contributed by atoms with Crippen LogP contribution in [0.1, 0.15) is 68.1 Å². The Hall–Kier alpha value is -2.94. The Morgan fingerprint density at radius 2 is 1.70 bits per heavy atom. The second-order valence-electron chi connectivity index (χ2n) is 13.9. The summed E-state index contributed by atoms with van der Waals surface area (Å²) in [7, 11) is 0. The van der Waals surface area contributed by atoms with Gasteiger partial charge in [0.1, 0.15) is 11.7 Å². The van der Waals surface area contributed by atoms with Gasteiger partial charge in [-0.25, -0.2) is 18.3 Å². The monoisotopic (exact) mass is 643 g/mol. The minimum Gasteiger partial charge on any atom is -0.381 e. The lowest BCUT2D eigenvalue weighted by atomic mass is 9.71. The second-order valence-corrected chi connectivity index (χ2v) is 13.9. The topological polar surface area (TPSA) is 133 Å². The highest BCUT2D eigenvalue weighted by molar-refractivity contribution is 6.04. The molecule has 7 rings (SSSR count). The fourth-order valence-electron chi connectivity index (χ4n) is 8.56. The molecular formula is C32H47F2N9O3. The molecule has 3 atom stereocenters. The molecule has 14 heteroatoms. The molecule has 12 nitrogen and oxygen atoms in total. The number of alkyl halides is 1. The third kappa shape index (κ3) is 6.09. The zero-order chi connectivity index (χ0) is 31.8. The Bertz CT molecular complexity index is 1390. The van der Waals surface area contributed by atoms with Gasteiger partial charge in [0, 0.05) is 44.2 Å². The number of nitrogens with one attached hydrogen (secondary N) is 2. The standard InChI is InChI=1S/C32H47F2N9O3/c33-22-16-36-29-25(28(35)39-43(29)18-22)30(44)38-27-26(24(34)17-37-32(27)8-4-2-1-3-5-9-32)41-10-6-21(7-11-41)31(45)42-14-12-40(13-15-42)23-19-46-20-23/h16,18,21,23-24,26-27,37H,1-15,17,19-20H2,(H2,35,39)(H,38,44). The van der Waals surface area contributed by atoms with Crippen molar-refractivity contribution in [1.82, 2.24) is 39.9 Å². The number of carbonyl (C=O) groups is 2. The highest BCUT2D eigenvalue weighted by Gasteiger charge is 2.52. The molecule has 5 aliphatic rings. The third-order valence-corrected chi connectivity index (χ3v) is 11.2. The lowest BCUT2D eigenvalue weighted by Gasteiger charge is -2.54. The minimum atomic E-state index is -1.22. The number of piperidine rings is 2. The van der Waals surface area contributed by atoms with E-state index in [9.17, 15) is 14.0 Å². The molecule has 3 unspecified atom stereocenters. The molecular weight excluding hydrogens is 596 g/mol. The number of carbonyl (C=O) groups excluding carboxylic acids is 2. The molecule has 0 aromatic carbocycles. The maximum absolute atomic E-state index is 16.2. The first-order chi connectivity index (χ1) is 22.3. The van der Waals surface area contributed by atoms with Crippen molar-refractivity contribution < 1.29 is 23.1 Å². The number of rotatable bonds is 5. The number of likely N-dealkylation sites (tertiary alicyclic amines) is 1. The third-order valence-electron chi connectivity index (χ3n) is 11.2. The highest BCUT2D eigenvalue weighted by Crippen LogP contribution is 2.38. The van der Waals surface area contributed by atoms with Crippen LogP contribution in [0.2, 0.25) is 0 Å². The van der Waals surface area contributed by atoms with Crippen LogP contribution in [0.25, 0.3) is 5.65 Å². The van der Waals surface area contributed by atoms with E-state index in [2.05, 4.69) is 30.5 Å². The number of piperazine rings is 1. The fourth-order valence-corrected chi connectivity index (χ4v) is 8.56. The molecule has 1 saturated carbocycles. The first kappa shape index (κ1) is 31.6. The van der Waals surface area contributed by atoms with E-state index in [1.165, 1.54) is 10.9 Å². The van der Waals surface area contributed by atoms with E-state index < -0.39 is 35.5 Å². The highest BCUT2D eigenvalue weighted by atomic mass is 19.1. The maximum Gasteiger partial charge on any atom is 0.259 e. The van der Waals surface area contributed by atoms with Crippen LogP contribution < -0.4 is 16.4 Å². The van der Waals surface area contributed by atoms with Crippen LogP contribution in [0.4, 0.5) is 14.6 Å². The van der Waals surface area contributed by atoms with Crippen LogP contribution in [0, 0.1) is 11.7 Å². The molecule has 4 aliphatic heterocycles. The van der Waals surface area contributed by atoms with Crippen molar-refractivity contribution in [1.29, 1.82) is 0 Å². The number of aromatic nitrogens is 3. The van der Waals surface area contributed by atoms with Crippen LogP contribution in [-0.4, -0.2) is 130 Å². The Morgan fingerprint density at radius 3 is 2.37 bits per heavy atom. The van der Waals surface area contributed by atoms with Gasteiger partial charge in [0.15, 0.2) is 17.3 Å². The zero-order valence-electron chi connectivity index (χ0n) is 26.5. The number of anilines is 1. The summed E-state index contributed by atoms with van der Waals surface area (Å²) in [6.07, 6.45) is 9.25. The predicted molar refractivity (Wildman–Crippen MR) is 167 cm³/mol. The minimum absolute atomic E-state index is 0.0550. The lowest BCUT2D eigenvalue weighted by Crippen LogP contribution is -2.75. The van der Waals surface area contributed by atoms with Crippen molar-refractivity contribution in [3.63, 3.8) is 0 Å². The summed E-state index contributed by atoms with van der Waals surface area (Å²) in [6, 6.07) is -0.632. The quantitative estimate of drug-likeness (QED) is 0.445. The number of amides is 2. The second kappa shape index (κ2) is 13.3. The van der Waals surface area contributed by atoms with Crippen molar-refractivity contribution in [3.8, 4) is 0 Å². The molecule has 1 aliphatic carbocycles. The number of hydrogen-bond acceptors (Lipinski definition) is 9. The van der Waals surface area contributed by atoms with Gasteiger partial charge >= 0.3 is 0 Å². The first-order valence-electron chi connectivity index (χ1n) is 17.2. The summed E-state index contributed by atoms with van der Waals surface area (Å²) < 4.78 is 36.6. The first-order valence-corrected chi connectivity index (χ1v) is 17.2. The molecule has 4 N–H and O–H groups in total. The Morgan fingerprint density at radius 1 is 1.00 bits per heavy atom. The number of halogens is 2.